The van der Waals surface area contributed by atoms with Crippen molar-refractivity contribution in [2.45, 2.75) is 25.7 Å². The monoisotopic (exact) mass is 186 g/mol. The van der Waals surface area contributed by atoms with Gasteiger partial charge in [0.05, 0.1) is 0 Å². The number of rotatable bonds is 0. The molecule has 0 amide bonds. The molecular formula is C13H16N+. The third kappa shape index (κ3) is 1.19. The van der Waals surface area contributed by atoms with Crippen LogP contribution in [-0.4, -0.2) is 23.4 Å². The number of benzene rings is 1. The molecule has 2 heterocycles. The molecule has 0 spiro atoms. The van der Waals surface area contributed by atoms with Crippen molar-refractivity contribution in [1.29, 1.82) is 0 Å². The average Bonchev–Trinajstić information content (AvgIpc) is 2.29. The maximum absolute atomic E-state index is 2.59. The van der Waals surface area contributed by atoms with Gasteiger partial charge in [-0.2, -0.15) is 0 Å². The fraction of sp³-hybridized carbons (Fsp3) is 0.462. The molecule has 0 bridgehead atoms. The molecule has 0 fully saturated rings. The predicted octanol–water partition coefficient (Wildman–Crippen LogP) is 2.23. The molecule has 0 saturated carbocycles. The van der Waals surface area contributed by atoms with Gasteiger partial charge in [-0.1, -0.05) is 18.2 Å². The quantitative estimate of drug-likeness (QED) is 0.547. The van der Waals surface area contributed by atoms with E-state index in [0.29, 0.717) is 0 Å². The van der Waals surface area contributed by atoms with Crippen molar-refractivity contribution in [3.8, 4) is 0 Å². The second-order valence-corrected chi connectivity index (χ2v) is 4.30. The van der Waals surface area contributed by atoms with Gasteiger partial charge in [-0.05, 0) is 18.1 Å². The van der Waals surface area contributed by atoms with Crippen molar-refractivity contribution in [2.24, 2.45) is 0 Å². The van der Waals surface area contributed by atoms with Crippen molar-refractivity contribution >= 4 is 5.71 Å². The molecule has 1 nitrogen and oxygen atoms in total. The molecule has 2 aliphatic heterocycles. The van der Waals surface area contributed by atoms with Crippen LogP contribution < -0.4 is 0 Å². The van der Waals surface area contributed by atoms with E-state index in [0.717, 1.165) is 0 Å². The highest BCUT2D eigenvalue weighted by atomic mass is 15.0. The van der Waals surface area contributed by atoms with Crippen molar-refractivity contribution in [3.05, 3.63) is 35.4 Å². The standard InChI is InChI=1S/C13H16N/c1-2-6-12-11(5-1)8-10-14-9-4-3-7-13(12)14/h1-2,5-6H,3-4,7-10H2/q+1. The molecule has 1 aromatic carbocycles. The zero-order valence-electron chi connectivity index (χ0n) is 8.50. The maximum Gasteiger partial charge on any atom is 0.183 e. The van der Waals surface area contributed by atoms with Crippen LogP contribution >= 0.6 is 0 Å². The van der Waals surface area contributed by atoms with E-state index >= 15 is 0 Å². The Morgan fingerprint density at radius 3 is 2.86 bits per heavy atom. The van der Waals surface area contributed by atoms with Crippen molar-refractivity contribution in [1.82, 2.24) is 0 Å². The van der Waals surface area contributed by atoms with E-state index in [2.05, 4.69) is 28.8 Å². The van der Waals surface area contributed by atoms with Gasteiger partial charge in [-0.25, -0.2) is 4.58 Å². The van der Waals surface area contributed by atoms with Crippen LogP contribution in [0.25, 0.3) is 0 Å². The molecule has 0 radical (unpaired) electrons. The normalized spacial score (nSPS) is 20.3. The van der Waals surface area contributed by atoms with Crippen LogP contribution in [0.15, 0.2) is 24.3 Å². The maximum atomic E-state index is 2.59. The van der Waals surface area contributed by atoms with E-state index in [-0.39, 0.29) is 0 Å². The summed E-state index contributed by atoms with van der Waals surface area (Å²) in [6, 6.07) is 8.91. The zero-order chi connectivity index (χ0) is 9.38. The minimum atomic E-state index is 1.24. The molecular weight excluding hydrogens is 170 g/mol. The van der Waals surface area contributed by atoms with Gasteiger partial charge in [-0.15, -0.1) is 0 Å². The molecule has 1 aromatic rings. The zero-order valence-corrected chi connectivity index (χ0v) is 8.50. The molecule has 0 atom stereocenters. The summed E-state index contributed by atoms with van der Waals surface area (Å²) >= 11 is 0. The Labute approximate surface area is 85.1 Å². The van der Waals surface area contributed by atoms with Crippen LogP contribution in [0.1, 0.15) is 30.4 Å². The third-order valence-corrected chi connectivity index (χ3v) is 3.45. The highest BCUT2D eigenvalue weighted by Crippen LogP contribution is 2.21. The molecule has 14 heavy (non-hydrogen) atoms. The lowest BCUT2D eigenvalue weighted by atomic mass is 9.92. The summed E-state index contributed by atoms with van der Waals surface area (Å²) in [5.41, 5.74) is 4.69. The molecule has 0 unspecified atom stereocenters. The van der Waals surface area contributed by atoms with E-state index in [1.807, 2.05) is 0 Å². The summed E-state index contributed by atoms with van der Waals surface area (Å²) in [5.74, 6) is 0. The lowest BCUT2D eigenvalue weighted by molar-refractivity contribution is -0.533. The van der Waals surface area contributed by atoms with Crippen molar-refractivity contribution < 1.29 is 4.58 Å². The molecule has 72 valence electrons. The van der Waals surface area contributed by atoms with Gasteiger partial charge >= 0.3 is 0 Å². The number of hydrogen-bond donors (Lipinski definition) is 0. The van der Waals surface area contributed by atoms with Crippen LogP contribution in [0, 0.1) is 0 Å². The first-order valence-electron chi connectivity index (χ1n) is 5.64. The van der Waals surface area contributed by atoms with E-state index in [9.17, 15) is 0 Å². The Hall–Kier alpha value is -1.11. The van der Waals surface area contributed by atoms with Crippen LogP contribution in [0.3, 0.4) is 0 Å². The first-order valence-corrected chi connectivity index (χ1v) is 5.64. The minimum absolute atomic E-state index is 1.24. The van der Waals surface area contributed by atoms with E-state index < -0.39 is 0 Å². The predicted molar refractivity (Wildman–Crippen MR) is 58.1 cm³/mol. The summed E-state index contributed by atoms with van der Waals surface area (Å²) in [4.78, 5) is 0. The van der Waals surface area contributed by atoms with Crippen LogP contribution in [0.2, 0.25) is 0 Å². The fourth-order valence-corrected chi connectivity index (χ4v) is 2.72. The summed E-state index contributed by atoms with van der Waals surface area (Å²) in [7, 11) is 0. The Morgan fingerprint density at radius 2 is 1.86 bits per heavy atom. The van der Waals surface area contributed by atoms with Gasteiger partial charge in [0.1, 0.15) is 13.1 Å². The molecule has 3 rings (SSSR count). The fourth-order valence-electron chi connectivity index (χ4n) is 2.72. The minimum Gasteiger partial charge on any atom is -0.233 e. The number of hydrogen-bond acceptors (Lipinski definition) is 0. The smallest absolute Gasteiger partial charge is 0.183 e. The highest BCUT2D eigenvalue weighted by Gasteiger charge is 2.26. The molecule has 0 saturated heterocycles. The third-order valence-electron chi connectivity index (χ3n) is 3.45. The van der Waals surface area contributed by atoms with Gasteiger partial charge in [0.15, 0.2) is 5.71 Å². The first-order chi connectivity index (χ1) is 6.95. The molecule has 0 aromatic heterocycles. The highest BCUT2D eigenvalue weighted by molar-refractivity contribution is 5.98. The van der Waals surface area contributed by atoms with Gasteiger partial charge in [-0.3, -0.25) is 0 Å². The summed E-state index contributed by atoms with van der Waals surface area (Å²) < 4.78 is 2.59. The second kappa shape index (κ2) is 3.23. The lowest BCUT2D eigenvalue weighted by Crippen LogP contribution is -2.33. The molecule has 2 aliphatic rings. The van der Waals surface area contributed by atoms with E-state index in [4.69, 9.17) is 0 Å². The lowest BCUT2D eigenvalue weighted by Gasteiger charge is -2.21. The molecule has 0 aliphatic carbocycles. The molecule has 1 heteroatoms. The van der Waals surface area contributed by atoms with Crippen LogP contribution in [-0.2, 0) is 6.42 Å². The Bertz CT molecular complexity index is 390. The Balaban J connectivity index is 2.13. The second-order valence-electron chi connectivity index (χ2n) is 4.30. The Kier molecular flexibility index (Phi) is 1.90. The van der Waals surface area contributed by atoms with Crippen molar-refractivity contribution in [3.63, 3.8) is 0 Å². The van der Waals surface area contributed by atoms with E-state index in [1.54, 1.807) is 11.3 Å². The van der Waals surface area contributed by atoms with Crippen LogP contribution in [0.5, 0.6) is 0 Å². The van der Waals surface area contributed by atoms with Gasteiger partial charge in [0.25, 0.3) is 0 Å². The van der Waals surface area contributed by atoms with Gasteiger partial charge in [0.2, 0.25) is 0 Å². The topological polar surface area (TPSA) is 3.01 Å². The number of fused-ring (bicyclic) bond motifs is 2. The van der Waals surface area contributed by atoms with E-state index in [1.165, 1.54) is 44.3 Å². The van der Waals surface area contributed by atoms with Gasteiger partial charge < -0.3 is 0 Å². The summed E-state index contributed by atoms with van der Waals surface area (Å²) in [5, 5.41) is 0. The van der Waals surface area contributed by atoms with Crippen LogP contribution in [0.4, 0.5) is 0 Å². The summed E-state index contributed by atoms with van der Waals surface area (Å²) in [6.45, 7) is 2.52. The number of nitrogens with zero attached hydrogens (tertiary/aromatic N) is 1. The Morgan fingerprint density at radius 1 is 0.929 bits per heavy atom. The van der Waals surface area contributed by atoms with Gasteiger partial charge in [0, 0.05) is 24.8 Å². The van der Waals surface area contributed by atoms with Crippen molar-refractivity contribution in [2.75, 3.05) is 13.1 Å². The largest absolute Gasteiger partial charge is 0.233 e. The summed E-state index contributed by atoms with van der Waals surface area (Å²) in [6.07, 6.45) is 5.28. The average molecular weight is 186 g/mol. The molecule has 0 N–H and O–H groups in total. The SMILES string of the molecule is c1ccc2c(c1)CC[N+]1=C2CCCC1. The first kappa shape index (κ1) is 8.22.